The second kappa shape index (κ2) is 23.1. The Balaban J connectivity index is 0.000000255. The van der Waals surface area contributed by atoms with Gasteiger partial charge in [0.2, 0.25) is 0 Å². The fourth-order valence-electron chi connectivity index (χ4n) is 7.34. The van der Waals surface area contributed by atoms with Gasteiger partial charge in [0, 0.05) is 35.4 Å². The summed E-state index contributed by atoms with van der Waals surface area (Å²) in [6.45, 7) is 7.77. The van der Waals surface area contributed by atoms with Gasteiger partial charge in [-0.2, -0.15) is 0 Å². The van der Waals surface area contributed by atoms with Crippen molar-refractivity contribution in [1.29, 1.82) is 0 Å². The normalized spacial score (nSPS) is 14.5. The van der Waals surface area contributed by atoms with Crippen LogP contribution in [0.15, 0.2) is 78.0 Å². The third-order valence-corrected chi connectivity index (χ3v) is 10.6. The maximum absolute atomic E-state index is 11.7. The monoisotopic (exact) mass is 818 g/mol. The molecule has 0 saturated heterocycles. The molecule has 14 heteroatoms. The number of non-ortho nitro benzene ring substituents is 2. The van der Waals surface area contributed by atoms with E-state index in [0.29, 0.717) is 17.4 Å². The minimum Gasteiger partial charge on any atom is -0.508 e. The highest BCUT2D eigenvalue weighted by Crippen LogP contribution is 2.38. The van der Waals surface area contributed by atoms with Crippen molar-refractivity contribution in [2.24, 2.45) is 11.1 Å². The molecule has 58 heavy (non-hydrogen) atoms. The van der Waals surface area contributed by atoms with Gasteiger partial charge in [-0.05, 0) is 135 Å². The maximum Gasteiger partial charge on any atom is 0.269 e. The van der Waals surface area contributed by atoms with Crippen molar-refractivity contribution in [1.82, 2.24) is 0 Å². The van der Waals surface area contributed by atoms with Gasteiger partial charge in [-0.1, -0.05) is 55.8 Å². The van der Waals surface area contributed by atoms with Gasteiger partial charge in [-0.15, -0.1) is 12.4 Å². The fourth-order valence-corrected chi connectivity index (χ4v) is 7.34. The number of halogens is 1. The van der Waals surface area contributed by atoms with E-state index in [1.807, 2.05) is 26.8 Å². The van der Waals surface area contributed by atoms with Crippen LogP contribution in [0.3, 0.4) is 0 Å². The van der Waals surface area contributed by atoms with E-state index in [1.165, 1.54) is 81.2 Å². The number of nitro benzene ring substituents is 2. The molecule has 2 aliphatic carbocycles. The second-order valence-corrected chi connectivity index (χ2v) is 14.8. The maximum atomic E-state index is 11.7. The first-order chi connectivity index (χ1) is 27.3. The van der Waals surface area contributed by atoms with Crippen LogP contribution in [0.2, 0.25) is 0 Å². The third-order valence-electron chi connectivity index (χ3n) is 10.6. The second-order valence-electron chi connectivity index (χ2n) is 14.8. The lowest BCUT2D eigenvalue weighted by atomic mass is 9.80. The molecule has 0 radical (unpaired) electrons. The molecule has 0 spiro atoms. The molecule has 0 bridgehead atoms. The highest BCUT2D eigenvalue weighted by atomic mass is 35.5. The number of Topliss-reactive ketones (excluding diaryl/α,β-unsaturated/α-hetero) is 1. The summed E-state index contributed by atoms with van der Waals surface area (Å²) in [7, 11) is 0. The Kier molecular flexibility index (Phi) is 18.8. The first kappa shape index (κ1) is 47.0. The summed E-state index contributed by atoms with van der Waals surface area (Å²) in [5, 5.41) is 45.1. The van der Waals surface area contributed by atoms with E-state index >= 15 is 0 Å². The minimum atomic E-state index is -0.451. The smallest absolute Gasteiger partial charge is 0.269 e. The molecule has 0 heterocycles. The van der Waals surface area contributed by atoms with E-state index in [9.17, 15) is 35.2 Å². The Hall–Kier alpha value is -5.37. The van der Waals surface area contributed by atoms with Crippen molar-refractivity contribution in [3.8, 4) is 11.5 Å². The number of ketones is 1. The Labute approximate surface area is 345 Å². The highest BCUT2D eigenvalue weighted by molar-refractivity contribution is 6.00. The van der Waals surface area contributed by atoms with Crippen LogP contribution in [-0.2, 0) is 22.9 Å². The van der Waals surface area contributed by atoms with Crippen molar-refractivity contribution < 1.29 is 34.5 Å². The number of hydrogen-bond donors (Lipinski definition) is 3. The van der Waals surface area contributed by atoms with E-state index in [0.717, 1.165) is 51.9 Å². The zero-order valence-corrected chi connectivity index (χ0v) is 34.5. The van der Waals surface area contributed by atoms with E-state index < -0.39 is 9.85 Å². The molecule has 4 N–H and O–H groups in total. The van der Waals surface area contributed by atoms with Gasteiger partial charge in [0.1, 0.15) is 18.1 Å². The largest absolute Gasteiger partial charge is 0.508 e. The summed E-state index contributed by atoms with van der Waals surface area (Å²) in [4.78, 5) is 41.6. The number of phenolic OH excluding ortho intramolecular Hbond substituents is 2. The molecule has 312 valence electrons. The summed E-state index contributed by atoms with van der Waals surface area (Å²) in [5.74, 6) is 6.37. The van der Waals surface area contributed by atoms with Crippen LogP contribution < -0.4 is 5.90 Å². The predicted octanol–water partition coefficient (Wildman–Crippen LogP) is 11.0. The molecule has 0 atom stereocenters. The number of hydrogen-bond acceptors (Lipinski definition) is 11. The van der Waals surface area contributed by atoms with Crippen molar-refractivity contribution in [3.63, 3.8) is 0 Å². The lowest BCUT2D eigenvalue weighted by Crippen LogP contribution is -2.11. The lowest BCUT2D eigenvalue weighted by molar-refractivity contribution is -0.385. The molecule has 0 amide bonds. The first-order valence-electron chi connectivity index (χ1n) is 19.4. The molecule has 6 rings (SSSR count). The summed E-state index contributed by atoms with van der Waals surface area (Å²) in [5.41, 5.74) is 8.22. The number of carbonyl (C=O) groups excluding carboxylic acids is 1. The minimum absolute atomic E-state index is 0. The Bertz CT molecular complexity index is 2010. The number of benzene rings is 4. The van der Waals surface area contributed by atoms with E-state index in [1.54, 1.807) is 43.3 Å². The summed E-state index contributed by atoms with van der Waals surface area (Å²) >= 11 is 0. The van der Waals surface area contributed by atoms with Gasteiger partial charge >= 0.3 is 0 Å². The molecule has 4 aromatic rings. The van der Waals surface area contributed by atoms with Gasteiger partial charge < -0.3 is 15.1 Å². The number of phenols is 2. The molecule has 2 saturated carbocycles. The standard InChI is InChI=1S/C22H26N2O4.C15H20O2.C7H8N2O3.ClH/c1-15-12-21(18-6-4-3-5-7-18)20(13-22(15)25)16(2)23-28-14-17-8-10-19(11-9-17)24(26)27;1-10-8-14(12-6-4-3-5-7-12)13(11(2)16)9-15(10)17;8-12-5-6-1-3-7(4-2-6)9(10)11;/h8-13,18,25H,3-7,14H2,1-2H3;8-9,12,17H,3-7H2,1-2H3;1-4H,5,8H2;1H. The van der Waals surface area contributed by atoms with Gasteiger partial charge in [-0.25, -0.2) is 5.90 Å². The average Bonchev–Trinajstić information content (AvgIpc) is 3.21. The van der Waals surface area contributed by atoms with Crippen LogP contribution in [0.4, 0.5) is 11.4 Å². The number of nitrogens with zero attached hydrogens (tertiary/aromatic N) is 3. The van der Waals surface area contributed by atoms with E-state index in [2.05, 4.69) is 16.1 Å². The lowest BCUT2D eigenvalue weighted by Gasteiger charge is -2.25. The molecular weight excluding hydrogens is 764 g/mol. The van der Waals surface area contributed by atoms with Crippen LogP contribution in [-0.4, -0.2) is 31.6 Å². The molecule has 4 aromatic carbocycles. The van der Waals surface area contributed by atoms with Gasteiger partial charge in [0.05, 0.1) is 22.2 Å². The molecule has 13 nitrogen and oxygen atoms in total. The molecule has 0 unspecified atom stereocenters. The Morgan fingerprint density at radius 2 is 1.09 bits per heavy atom. The van der Waals surface area contributed by atoms with Crippen molar-refractivity contribution in [3.05, 3.63) is 138 Å². The number of oxime groups is 1. The Morgan fingerprint density at radius 3 is 1.48 bits per heavy atom. The number of nitro groups is 2. The van der Waals surface area contributed by atoms with Crippen LogP contribution >= 0.6 is 12.4 Å². The highest BCUT2D eigenvalue weighted by Gasteiger charge is 2.23. The quantitative estimate of drug-likeness (QED) is 0.0566. The zero-order chi connectivity index (χ0) is 41.5. The van der Waals surface area contributed by atoms with Gasteiger partial charge in [0.15, 0.2) is 5.78 Å². The summed E-state index contributed by atoms with van der Waals surface area (Å²) < 4.78 is 0. The Morgan fingerprint density at radius 1 is 0.690 bits per heavy atom. The molecule has 2 fully saturated rings. The summed E-state index contributed by atoms with van der Waals surface area (Å²) in [6.07, 6.45) is 12.2. The number of aromatic hydroxyl groups is 2. The molecular formula is C44H55ClN4O9. The van der Waals surface area contributed by atoms with E-state index in [4.69, 9.17) is 10.7 Å². The molecule has 2 aliphatic rings. The van der Waals surface area contributed by atoms with Crippen molar-refractivity contribution in [2.45, 2.75) is 117 Å². The van der Waals surface area contributed by atoms with Crippen LogP contribution in [0.1, 0.15) is 139 Å². The topological polar surface area (TPSA) is 201 Å². The van der Waals surface area contributed by atoms with Crippen LogP contribution in [0.5, 0.6) is 11.5 Å². The zero-order valence-electron chi connectivity index (χ0n) is 33.6. The number of carbonyl (C=O) groups is 1. The van der Waals surface area contributed by atoms with Gasteiger partial charge in [0.25, 0.3) is 11.4 Å². The number of nitrogens with two attached hydrogens (primary N) is 1. The SMILES string of the molecule is CC(=NOCc1ccc([N+](=O)[O-])cc1)c1cc(O)c(C)cc1C1CCCCC1.CC(=O)c1cc(O)c(C)cc1C1CCCCC1.Cl.NOCc1ccc([N+](=O)[O-])cc1. The van der Waals surface area contributed by atoms with Crippen molar-refractivity contribution in [2.75, 3.05) is 0 Å². The third kappa shape index (κ3) is 13.6. The van der Waals surface area contributed by atoms with Crippen molar-refractivity contribution >= 4 is 35.3 Å². The number of rotatable bonds is 11. The molecule has 0 aliphatic heterocycles. The fraction of sp³-hybridized carbons (Fsp3) is 0.409. The van der Waals surface area contributed by atoms with Crippen LogP contribution in [0.25, 0.3) is 0 Å². The first-order valence-corrected chi connectivity index (χ1v) is 19.4. The summed E-state index contributed by atoms with van der Waals surface area (Å²) in [6, 6.07) is 19.8. The number of aryl methyl sites for hydroxylation is 2. The predicted molar refractivity (Wildman–Crippen MR) is 227 cm³/mol. The molecule has 0 aromatic heterocycles. The average molecular weight is 819 g/mol. The van der Waals surface area contributed by atoms with Gasteiger partial charge in [-0.3, -0.25) is 29.9 Å². The van der Waals surface area contributed by atoms with E-state index in [-0.39, 0.29) is 54.3 Å². The van der Waals surface area contributed by atoms with Crippen LogP contribution in [0, 0.1) is 34.1 Å².